The van der Waals surface area contributed by atoms with Crippen molar-refractivity contribution in [1.29, 1.82) is 0 Å². The van der Waals surface area contributed by atoms with E-state index < -0.39 is 6.23 Å². The number of aliphatic hydroxyl groups excluding tert-OH is 1. The van der Waals surface area contributed by atoms with Gasteiger partial charge in [0, 0.05) is 50.9 Å². The van der Waals surface area contributed by atoms with E-state index in [4.69, 9.17) is 4.98 Å². The third kappa shape index (κ3) is 4.78. The minimum absolute atomic E-state index is 0.499. The highest BCUT2D eigenvalue weighted by Gasteiger charge is 2.27. The third-order valence-electron chi connectivity index (χ3n) is 7.19. The van der Waals surface area contributed by atoms with E-state index >= 15 is 0 Å². The zero-order valence-electron chi connectivity index (χ0n) is 21.3. The van der Waals surface area contributed by atoms with Gasteiger partial charge in [0.2, 0.25) is 5.95 Å². The van der Waals surface area contributed by atoms with Gasteiger partial charge in [0.15, 0.2) is 5.65 Å². The standard InChI is InChI=1S/C25H37N9O/c1-18-20-17-27-25(28-21-9-8-19(16-26-21)32-14-12-31(4)13-15-32)29-23(20)34(22(18)24(35)30(2)3)33-10-6-5-7-11-33/h8-9,16-17,24,35H,5-7,10-15H2,1-4H3,(H,26,27,28,29). The molecule has 35 heavy (non-hydrogen) atoms. The number of fused-ring (bicyclic) bond motifs is 1. The minimum Gasteiger partial charge on any atom is -0.372 e. The van der Waals surface area contributed by atoms with E-state index in [1.54, 1.807) is 0 Å². The van der Waals surface area contributed by atoms with Gasteiger partial charge in [0.1, 0.15) is 12.0 Å². The number of rotatable bonds is 6. The first-order valence-corrected chi connectivity index (χ1v) is 12.6. The van der Waals surface area contributed by atoms with E-state index in [-0.39, 0.29) is 0 Å². The van der Waals surface area contributed by atoms with Crippen molar-refractivity contribution in [3.05, 3.63) is 35.8 Å². The number of piperidine rings is 1. The van der Waals surface area contributed by atoms with Crippen molar-refractivity contribution in [2.75, 3.05) is 75.6 Å². The Labute approximate surface area is 207 Å². The van der Waals surface area contributed by atoms with E-state index in [9.17, 15) is 5.11 Å². The number of anilines is 3. The summed E-state index contributed by atoms with van der Waals surface area (Å²) in [5.41, 5.74) is 3.81. The lowest BCUT2D eigenvalue weighted by Gasteiger charge is -2.33. The van der Waals surface area contributed by atoms with Gasteiger partial charge in [0.05, 0.1) is 17.6 Å². The number of aromatic nitrogens is 4. The highest BCUT2D eigenvalue weighted by atomic mass is 16.3. The monoisotopic (exact) mass is 479 g/mol. The summed E-state index contributed by atoms with van der Waals surface area (Å²) in [4.78, 5) is 20.6. The molecule has 2 saturated heterocycles. The summed E-state index contributed by atoms with van der Waals surface area (Å²) in [6.45, 7) is 8.08. The molecule has 3 aromatic rings. The SMILES string of the molecule is Cc1c(C(O)N(C)C)n(N2CCCCC2)c2nc(Nc3ccc(N4CCN(C)CC4)cn3)ncc12. The summed E-state index contributed by atoms with van der Waals surface area (Å²) >= 11 is 0. The molecule has 2 N–H and O–H groups in total. The molecule has 0 aliphatic carbocycles. The van der Waals surface area contributed by atoms with E-state index in [1.807, 2.05) is 44.4 Å². The van der Waals surface area contributed by atoms with Crippen LogP contribution in [0.1, 0.15) is 36.7 Å². The summed E-state index contributed by atoms with van der Waals surface area (Å²) in [6.07, 6.45) is 6.54. The fourth-order valence-corrected chi connectivity index (χ4v) is 5.01. The Morgan fingerprint density at radius 3 is 2.37 bits per heavy atom. The highest BCUT2D eigenvalue weighted by molar-refractivity contribution is 5.83. The molecule has 0 radical (unpaired) electrons. The van der Waals surface area contributed by atoms with Crippen molar-refractivity contribution < 1.29 is 5.11 Å². The van der Waals surface area contributed by atoms with Crippen LogP contribution in [0.5, 0.6) is 0 Å². The molecule has 2 aliphatic rings. The van der Waals surface area contributed by atoms with Gasteiger partial charge in [-0.2, -0.15) is 4.98 Å². The van der Waals surface area contributed by atoms with Crippen LogP contribution in [0.25, 0.3) is 11.0 Å². The van der Waals surface area contributed by atoms with E-state index in [0.29, 0.717) is 11.8 Å². The van der Waals surface area contributed by atoms with Gasteiger partial charge in [-0.1, -0.05) is 0 Å². The van der Waals surface area contributed by atoms with Gasteiger partial charge in [-0.05, 0) is 65.0 Å². The molecular formula is C25H37N9O. The number of hydrogen-bond acceptors (Lipinski definition) is 9. The second kappa shape index (κ2) is 9.96. The third-order valence-corrected chi connectivity index (χ3v) is 7.19. The maximum absolute atomic E-state index is 11.0. The molecule has 2 fully saturated rings. The number of pyridine rings is 1. The molecule has 1 atom stereocenters. The normalized spacial score (nSPS) is 18.5. The molecule has 10 heteroatoms. The first kappa shape index (κ1) is 23.8. The second-order valence-corrected chi connectivity index (χ2v) is 9.92. The predicted octanol–water partition coefficient (Wildman–Crippen LogP) is 2.30. The zero-order valence-corrected chi connectivity index (χ0v) is 21.3. The summed E-state index contributed by atoms with van der Waals surface area (Å²) < 4.78 is 2.12. The topological polar surface area (TPSA) is 88.8 Å². The number of hydrogen-bond donors (Lipinski definition) is 2. The van der Waals surface area contributed by atoms with Crippen LogP contribution in [-0.4, -0.2) is 94.9 Å². The van der Waals surface area contributed by atoms with Gasteiger partial charge in [-0.3, -0.25) is 4.90 Å². The first-order chi connectivity index (χ1) is 16.9. The number of nitrogens with one attached hydrogen (secondary N) is 1. The molecule has 0 aromatic carbocycles. The van der Waals surface area contributed by atoms with Gasteiger partial charge >= 0.3 is 0 Å². The molecule has 1 unspecified atom stereocenters. The number of piperazine rings is 1. The van der Waals surface area contributed by atoms with Crippen molar-refractivity contribution in [1.82, 2.24) is 29.4 Å². The fraction of sp³-hybridized carbons (Fsp3) is 0.560. The Bertz CT molecular complexity index is 1150. The van der Waals surface area contributed by atoms with Crippen LogP contribution in [0.4, 0.5) is 17.5 Å². The number of aryl methyl sites for hydroxylation is 1. The van der Waals surface area contributed by atoms with Gasteiger partial charge in [-0.25, -0.2) is 14.6 Å². The van der Waals surface area contributed by atoms with Crippen LogP contribution >= 0.6 is 0 Å². The van der Waals surface area contributed by atoms with Crippen molar-refractivity contribution in [2.24, 2.45) is 0 Å². The van der Waals surface area contributed by atoms with E-state index in [0.717, 1.165) is 80.1 Å². The lowest BCUT2D eigenvalue weighted by Crippen LogP contribution is -2.44. The number of nitrogens with zero attached hydrogens (tertiary/aromatic N) is 8. The molecule has 10 nitrogen and oxygen atoms in total. The molecule has 3 aromatic heterocycles. The zero-order chi connectivity index (χ0) is 24.5. The second-order valence-electron chi connectivity index (χ2n) is 9.92. The first-order valence-electron chi connectivity index (χ1n) is 12.6. The quantitative estimate of drug-likeness (QED) is 0.517. The molecule has 5 rings (SSSR count). The van der Waals surface area contributed by atoms with Crippen LogP contribution in [0, 0.1) is 6.92 Å². The van der Waals surface area contributed by atoms with Crippen LogP contribution in [0.2, 0.25) is 0 Å². The summed E-state index contributed by atoms with van der Waals surface area (Å²) in [6, 6.07) is 4.09. The Hall–Kier alpha value is -2.95. The summed E-state index contributed by atoms with van der Waals surface area (Å²) in [7, 11) is 5.93. The lowest BCUT2D eigenvalue weighted by molar-refractivity contribution is 0.0320. The minimum atomic E-state index is -0.730. The average Bonchev–Trinajstić information content (AvgIpc) is 3.16. The maximum atomic E-state index is 11.0. The molecule has 0 spiro atoms. The summed E-state index contributed by atoms with van der Waals surface area (Å²) in [5.74, 6) is 1.21. The Kier molecular flexibility index (Phi) is 6.77. The number of likely N-dealkylation sites (N-methyl/N-ethyl adjacent to an activating group) is 1. The molecule has 0 saturated carbocycles. The number of aliphatic hydroxyl groups is 1. The van der Waals surface area contributed by atoms with E-state index in [2.05, 4.69) is 47.9 Å². The lowest BCUT2D eigenvalue weighted by atomic mass is 10.1. The predicted molar refractivity (Wildman–Crippen MR) is 140 cm³/mol. The van der Waals surface area contributed by atoms with Crippen LogP contribution in [0.3, 0.4) is 0 Å². The van der Waals surface area contributed by atoms with Gasteiger partial charge < -0.3 is 25.2 Å². The van der Waals surface area contributed by atoms with Crippen molar-refractivity contribution in [2.45, 2.75) is 32.4 Å². The van der Waals surface area contributed by atoms with Crippen molar-refractivity contribution >= 4 is 28.5 Å². The molecule has 5 heterocycles. The highest BCUT2D eigenvalue weighted by Crippen LogP contribution is 2.31. The van der Waals surface area contributed by atoms with Crippen molar-refractivity contribution in [3.63, 3.8) is 0 Å². The smallest absolute Gasteiger partial charge is 0.230 e. The van der Waals surface area contributed by atoms with Crippen molar-refractivity contribution in [3.8, 4) is 0 Å². The van der Waals surface area contributed by atoms with E-state index in [1.165, 1.54) is 6.42 Å². The fourth-order valence-electron chi connectivity index (χ4n) is 5.01. The average molecular weight is 480 g/mol. The molecule has 2 aliphatic heterocycles. The molecule has 0 amide bonds. The molecular weight excluding hydrogens is 442 g/mol. The Morgan fingerprint density at radius 1 is 0.971 bits per heavy atom. The largest absolute Gasteiger partial charge is 0.372 e. The Balaban J connectivity index is 1.44. The van der Waals surface area contributed by atoms with Gasteiger partial charge in [-0.15, -0.1) is 0 Å². The maximum Gasteiger partial charge on any atom is 0.230 e. The van der Waals surface area contributed by atoms with Crippen LogP contribution in [0.15, 0.2) is 24.5 Å². The molecule has 0 bridgehead atoms. The van der Waals surface area contributed by atoms with Crippen LogP contribution < -0.4 is 15.2 Å². The Morgan fingerprint density at radius 2 is 1.71 bits per heavy atom. The van der Waals surface area contributed by atoms with Gasteiger partial charge in [0.25, 0.3) is 0 Å². The molecule has 188 valence electrons. The summed E-state index contributed by atoms with van der Waals surface area (Å²) in [5, 5.41) is 17.6. The van der Waals surface area contributed by atoms with Crippen LogP contribution in [-0.2, 0) is 0 Å².